The third kappa shape index (κ3) is 5.64. The fourth-order valence-corrected chi connectivity index (χ4v) is 4.80. The lowest BCUT2D eigenvalue weighted by Gasteiger charge is -2.26. The number of anilines is 1. The maximum Gasteiger partial charge on any atom is 0.264 e. The van der Waals surface area contributed by atoms with E-state index in [1.54, 1.807) is 36.4 Å². The third-order valence-electron chi connectivity index (χ3n) is 5.24. The number of para-hydroxylation sites is 2. The summed E-state index contributed by atoms with van der Waals surface area (Å²) in [5.41, 5.74) is 2.31. The van der Waals surface area contributed by atoms with Gasteiger partial charge in [0.15, 0.2) is 0 Å². The monoisotopic (exact) mass is 468 g/mol. The second-order valence-electron chi connectivity index (χ2n) is 7.56. The second kappa shape index (κ2) is 10.4. The van der Waals surface area contributed by atoms with Crippen molar-refractivity contribution in [2.24, 2.45) is 0 Å². The van der Waals surface area contributed by atoms with Gasteiger partial charge in [-0.3, -0.25) is 9.10 Å². The van der Waals surface area contributed by atoms with Gasteiger partial charge in [0.05, 0.1) is 30.8 Å². The Morgan fingerprint density at radius 2 is 1.58 bits per heavy atom. The zero-order chi connectivity index (χ0) is 24.0. The molecule has 0 unspecified atom stereocenters. The number of carbonyl (C=O) groups excluding carboxylic acids is 1. The molecule has 7 nitrogen and oxygen atoms in total. The van der Waals surface area contributed by atoms with Crippen LogP contribution in [0.5, 0.6) is 11.5 Å². The summed E-state index contributed by atoms with van der Waals surface area (Å²) in [7, 11) is -1.12. The van der Waals surface area contributed by atoms with Gasteiger partial charge in [0, 0.05) is 0 Å². The molecule has 3 aromatic rings. The van der Waals surface area contributed by atoms with Crippen LogP contribution in [-0.2, 0) is 14.8 Å². The minimum absolute atomic E-state index is 0.0357. The van der Waals surface area contributed by atoms with Gasteiger partial charge in [-0.05, 0) is 55.8 Å². The number of rotatable bonds is 9. The van der Waals surface area contributed by atoms with Gasteiger partial charge in [0.25, 0.3) is 10.0 Å². The first-order chi connectivity index (χ1) is 15.8. The molecule has 0 aliphatic heterocycles. The Hall–Kier alpha value is -3.52. The van der Waals surface area contributed by atoms with Gasteiger partial charge >= 0.3 is 0 Å². The van der Waals surface area contributed by atoms with Crippen LogP contribution >= 0.6 is 0 Å². The lowest BCUT2D eigenvalue weighted by molar-refractivity contribution is -0.120. The van der Waals surface area contributed by atoms with Crippen molar-refractivity contribution >= 4 is 21.6 Å². The first-order valence-corrected chi connectivity index (χ1v) is 11.9. The molecule has 1 N–H and O–H groups in total. The van der Waals surface area contributed by atoms with E-state index in [1.807, 2.05) is 38.1 Å². The Labute approximate surface area is 195 Å². The number of benzene rings is 3. The Balaban J connectivity index is 1.93. The Morgan fingerprint density at radius 1 is 0.939 bits per heavy atom. The number of nitrogens with zero attached hydrogens (tertiary/aromatic N) is 1. The van der Waals surface area contributed by atoms with Crippen LogP contribution in [0.15, 0.2) is 77.7 Å². The van der Waals surface area contributed by atoms with Crippen LogP contribution < -0.4 is 19.1 Å². The Kier molecular flexibility index (Phi) is 7.60. The molecule has 0 saturated carbocycles. The van der Waals surface area contributed by atoms with Gasteiger partial charge in [0.1, 0.15) is 18.0 Å². The van der Waals surface area contributed by atoms with Gasteiger partial charge in [-0.1, -0.05) is 42.0 Å². The van der Waals surface area contributed by atoms with E-state index < -0.39 is 22.5 Å². The Morgan fingerprint density at radius 3 is 2.18 bits per heavy atom. The van der Waals surface area contributed by atoms with Crippen molar-refractivity contribution in [3.8, 4) is 11.5 Å². The van der Waals surface area contributed by atoms with E-state index in [-0.39, 0.29) is 16.6 Å². The van der Waals surface area contributed by atoms with Crippen LogP contribution in [0, 0.1) is 6.92 Å². The van der Waals surface area contributed by atoms with Crippen LogP contribution in [0.25, 0.3) is 0 Å². The number of aryl methyl sites for hydroxylation is 1. The normalized spacial score (nSPS) is 12.0. The topological polar surface area (TPSA) is 84.9 Å². The molecule has 1 amide bonds. The summed E-state index contributed by atoms with van der Waals surface area (Å²) in [6.07, 6.45) is 0. The first kappa shape index (κ1) is 24.1. The molecule has 0 fully saturated rings. The van der Waals surface area contributed by atoms with Crippen molar-refractivity contribution in [3.05, 3.63) is 83.9 Å². The smallest absolute Gasteiger partial charge is 0.264 e. The number of carbonyl (C=O) groups is 1. The number of hydrogen-bond acceptors (Lipinski definition) is 5. The molecular formula is C25H28N2O5S. The van der Waals surface area contributed by atoms with E-state index in [9.17, 15) is 13.2 Å². The highest BCUT2D eigenvalue weighted by Gasteiger charge is 2.29. The molecule has 33 heavy (non-hydrogen) atoms. The molecule has 0 saturated heterocycles. The van der Waals surface area contributed by atoms with Gasteiger partial charge < -0.3 is 14.8 Å². The second-order valence-corrected chi connectivity index (χ2v) is 9.42. The minimum Gasteiger partial charge on any atom is -0.497 e. The standard InChI is InChI=1S/C25H28N2O5S/c1-18-9-11-20(12-10-18)19(2)26-25(28)17-27(23-7-5-6-8-24(23)32-4)33(29,30)22-15-13-21(31-3)14-16-22/h5-16,19H,17H2,1-4H3,(H,26,28)/t19-/m1/s1. The van der Waals surface area contributed by atoms with Gasteiger partial charge in [-0.15, -0.1) is 0 Å². The van der Waals surface area contributed by atoms with Gasteiger partial charge in [0.2, 0.25) is 5.91 Å². The highest BCUT2D eigenvalue weighted by Crippen LogP contribution is 2.32. The zero-order valence-corrected chi connectivity index (χ0v) is 19.9. The van der Waals surface area contributed by atoms with E-state index in [0.717, 1.165) is 15.4 Å². The molecule has 3 aromatic carbocycles. The fraction of sp³-hybridized carbons (Fsp3) is 0.240. The number of methoxy groups -OCH3 is 2. The third-order valence-corrected chi connectivity index (χ3v) is 7.02. The molecule has 174 valence electrons. The van der Waals surface area contributed by atoms with E-state index in [1.165, 1.54) is 26.4 Å². The maximum absolute atomic E-state index is 13.6. The summed E-state index contributed by atoms with van der Waals surface area (Å²) < 4.78 is 38.7. The van der Waals surface area contributed by atoms with Crippen LogP contribution in [0.1, 0.15) is 24.1 Å². The molecule has 0 aliphatic rings. The zero-order valence-electron chi connectivity index (χ0n) is 19.1. The molecule has 0 heterocycles. The van der Waals surface area contributed by atoms with Crippen molar-refractivity contribution in [1.29, 1.82) is 0 Å². The number of ether oxygens (including phenoxy) is 2. The van der Waals surface area contributed by atoms with Crippen LogP contribution in [-0.4, -0.2) is 35.1 Å². The molecular weight excluding hydrogens is 440 g/mol. The largest absolute Gasteiger partial charge is 0.497 e. The lowest BCUT2D eigenvalue weighted by atomic mass is 10.1. The summed E-state index contributed by atoms with van der Waals surface area (Å²) in [6.45, 7) is 3.43. The summed E-state index contributed by atoms with van der Waals surface area (Å²) >= 11 is 0. The van der Waals surface area contributed by atoms with Crippen molar-refractivity contribution in [2.45, 2.75) is 24.8 Å². The van der Waals surface area contributed by atoms with Crippen molar-refractivity contribution in [2.75, 3.05) is 25.1 Å². The molecule has 1 atom stereocenters. The molecule has 3 rings (SSSR count). The number of sulfonamides is 1. The molecule has 0 aromatic heterocycles. The highest BCUT2D eigenvalue weighted by molar-refractivity contribution is 7.92. The van der Waals surface area contributed by atoms with Crippen molar-refractivity contribution in [1.82, 2.24) is 5.32 Å². The van der Waals surface area contributed by atoms with Crippen LogP contribution in [0.4, 0.5) is 5.69 Å². The van der Waals surface area contributed by atoms with E-state index >= 15 is 0 Å². The molecule has 0 radical (unpaired) electrons. The average molecular weight is 469 g/mol. The summed E-state index contributed by atoms with van der Waals surface area (Å²) in [4.78, 5) is 13.0. The van der Waals surface area contributed by atoms with Gasteiger partial charge in [-0.2, -0.15) is 0 Å². The quantitative estimate of drug-likeness (QED) is 0.511. The van der Waals surface area contributed by atoms with E-state index in [0.29, 0.717) is 11.5 Å². The summed E-state index contributed by atoms with van der Waals surface area (Å²) in [5, 5.41) is 2.89. The molecule has 0 bridgehead atoms. The summed E-state index contributed by atoms with van der Waals surface area (Å²) in [5.74, 6) is 0.433. The van der Waals surface area contributed by atoms with Crippen LogP contribution in [0.2, 0.25) is 0 Å². The molecule has 0 spiro atoms. The SMILES string of the molecule is COc1ccc(S(=O)(=O)N(CC(=O)N[C@H](C)c2ccc(C)cc2)c2ccccc2OC)cc1. The lowest BCUT2D eigenvalue weighted by Crippen LogP contribution is -2.41. The molecule has 0 aliphatic carbocycles. The maximum atomic E-state index is 13.6. The van der Waals surface area contributed by atoms with E-state index in [4.69, 9.17) is 9.47 Å². The molecule has 8 heteroatoms. The average Bonchev–Trinajstić information content (AvgIpc) is 2.82. The van der Waals surface area contributed by atoms with Crippen molar-refractivity contribution < 1.29 is 22.7 Å². The predicted octanol–water partition coefficient (Wildman–Crippen LogP) is 4.08. The van der Waals surface area contributed by atoms with E-state index in [2.05, 4.69) is 5.32 Å². The minimum atomic E-state index is -4.08. The Bertz CT molecular complexity index is 1190. The first-order valence-electron chi connectivity index (χ1n) is 10.4. The summed E-state index contributed by atoms with van der Waals surface area (Å²) in [6, 6.07) is 20.2. The number of nitrogens with one attached hydrogen (secondary N) is 1. The van der Waals surface area contributed by atoms with Crippen molar-refractivity contribution in [3.63, 3.8) is 0 Å². The number of amides is 1. The van der Waals surface area contributed by atoms with Gasteiger partial charge in [-0.25, -0.2) is 8.42 Å². The number of hydrogen-bond donors (Lipinski definition) is 1. The fourth-order valence-electron chi connectivity index (χ4n) is 3.37. The van der Waals surface area contributed by atoms with Crippen LogP contribution in [0.3, 0.4) is 0 Å². The highest BCUT2D eigenvalue weighted by atomic mass is 32.2. The predicted molar refractivity (Wildman–Crippen MR) is 128 cm³/mol.